The first kappa shape index (κ1) is 16.1. The highest BCUT2D eigenvalue weighted by Crippen LogP contribution is 2.08. The van der Waals surface area contributed by atoms with E-state index in [2.05, 4.69) is 4.99 Å². The molecule has 0 fully saturated rings. The molecule has 1 unspecified atom stereocenters. The molecule has 0 aromatic carbocycles. The van der Waals surface area contributed by atoms with Crippen molar-refractivity contribution in [2.24, 2.45) is 4.99 Å². The highest BCUT2D eigenvalue weighted by molar-refractivity contribution is 6.13. The zero-order chi connectivity index (χ0) is 12.6. The zero-order valence-corrected chi connectivity index (χ0v) is 10.2. The molecule has 1 N–H and O–H groups in total. The van der Waals surface area contributed by atoms with Gasteiger partial charge in [-0.05, 0) is 6.92 Å². The smallest absolute Gasteiger partial charge is 0.338 e. The van der Waals surface area contributed by atoms with Crippen molar-refractivity contribution in [2.45, 2.75) is 40.7 Å². The number of hydrogen-bond donors (Lipinski definition) is 1. The maximum Gasteiger partial charge on any atom is 0.338 e. The number of carbonyl (C=O) groups is 2. The number of aliphatic carboxylic acids is 1. The first-order valence-electron chi connectivity index (χ1n) is 5.09. The lowest BCUT2D eigenvalue weighted by molar-refractivity contribution is -0.143. The number of rotatable bonds is 1. The van der Waals surface area contributed by atoms with Gasteiger partial charge in [0.1, 0.15) is 5.84 Å². The Kier molecular flexibility index (Phi) is 8.52. The summed E-state index contributed by atoms with van der Waals surface area (Å²) >= 11 is 0. The molecule has 1 aliphatic rings. The van der Waals surface area contributed by atoms with E-state index in [0.717, 1.165) is 0 Å². The third-order valence-corrected chi connectivity index (χ3v) is 1.60. The van der Waals surface area contributed by atoms with Crippen LogP contribution in [-0.2, 0) is 9.59 Å². The van der Waals surface area contributed by atoms with Crippen molar-refractivity contribution in [3.63, 3.8) is 0 Å². The normalized spacial score (nSPS) is 18.3. The van der Waals surface area contributed by atoms with Gasteiger partial charge in [-0.3, -0.25) is 4.79 Å². The van der Waals surface area contributed by atoms with E-state index in [-0.39, 0.29) is 0 Å². The van der Waals surface area contributed by atoms with Gasteiger partial charge in [0.25, 0.3) is 5.91 Å². The van der Waals surface area contributed by atoms with Crippen LogP contribution >= 0.6 is 0 Å². The third-order valence-electron chi connectivity index (χ3n) is 1.60. The molecule has 0 aromatic heterocycles. The monoisotopic (exact) mass is 216 g/mol. The molecule has 0 radical (unpaired) electrons. The Balaban J connectivity index is 0. The van der Waals surface area contributed by atoms with E-state index in [9.17, 15) is 9.59 Å². The second-order valence-electron chi connectivity index (χ2n) is 2.31. The molecule has 1 atom stereocenters. The number of nitrogens with zero attached hydrogens (tertiary/aromatic N) is 2. The van der Waals surface area contributed by atoms with Crippen LogP contribution < -0.4 is 0 Å². The molecule has 0 aromatic rings. The summed E-state index contributed by atoms with van der Waals surface area (Å²) < 4.78 is 0. The molecule has 0 bridgehead atoms. The van der Waals surface area contributed by atoms with Crippen LogP contribution in [0.25, 0.3) is 0 Å². The molecule has 0 aliphatic carbocycles. The number of carbonyl (C=O) groups excluding carboxylic acids is 1. The second-order valence-corrected chi connectivity index (χ2v) is 2.31. The molecular formula is C10H20N2O3. The molecule has 5 nitrogen and oxygen atoms in total. The summed E-state index contributed by atoms with van der Waals surface area (Å²) in [6.45, 7) is 9.60. The number of hydrogen-bond acceptors (Lipinski definition) is 3. The van der Waals surface area contributed by atoms with Crippen molar-refractivity contribution in [1.82, 2.24) is 4.90 Å². The minimum Gasteiger partial charge on any atom is -0.479 e. The van der Waals surface area contributed by atoms with Gasteiger partial charge in [-0.1, -0.05) is 27.7 Å². The van der Waals surface area contributed by atoms with Crippen LogP contribution in [0.4, 0.5) is 0 Å². The van der Waals surface area contributed by atoms with Crippen LogP contribution in [-0.4, -0.2) is 40.8 Å². The summed E-state index contributed by atoms with van der Waals surface area (Å²) in [4.78, 5) is 26.2. The summed E-state index contributed by atoms with van der Waals surface area (Å²) in [5, 5.41) is 8.46. The molecule has 15 heavy (non-hydrogen) atoms. The Morgan fingerprint density at radius 3 is 1.87 bits per heavy atom. The molecule has 1 aliphatic heterocycles. The fourth-order valence-electron chi connectivity index (χ4n) is 0.832. The zero-order valence-electron chi connectivity index (χ0n) is 10.2. The van der Waals surface area contributed by atoms with Gasteiger partial charge in [0, 0.05) is 7.05 Å². The summed E-state index contributed by atoms with van der Waals surface area (Å²) in [7, 11) is 1.50. The lowest BCUT2D eigenvalue weighted by Gasteiger charge is -2.07. The number of amides is 1. The second kappa shape index (κ2) is 7.96. The molecule has 1 amide bonds. The average Bonchev–Trinajstić information content (AvgIpc) is 2.52. The van der Waals surface area contributed by atoms with Crippen LogP contribution in [0, 0.1) is 0 Å². The van der Waals surface area contributed by atoms with Crippen molar-refractivity contribution >= 4 is 17.7 Å². The Morgan fingerprint density at radius 2 is 1.73 bits per heavy atom. The molecule has 1 rings (SSSR count). The van der Waals surface area contributed by atoms with E-state index in [1.54, 1.807) is 6.92 Å². The minimum atomic E-state index is -1.22. The summed E-state index contributed by atoms with van der Waals surface area (Å²) in [5.74, 6) is -1.23. The summed E-state index contributed by atoms with van der Waals surface area (Å²) in [6.07, 6.45) is 0. The Bertz CT molecular complexity index is 249. The van der Waals surface area contributed by atoms with Gasteiger partial charge < -0.3 is 10.0 Å². The largest absolute Gasteiger partial charge is 0.479 e. The topological polar surface area (TPSA) is 70.0 Å². The van der Waals surface area contributed by atoms with Gasteiger partial charge in [-0.2, -0.15) is 0 Å². The first-order valence-corrected chi connectivity index (χ1v) is 5.09. The summed E-state index contributed by atoms with van der Waals surface area (Å²) in [5.41, 5.74) is 0. The summed E-state index contributed by atoms with van der Waals surface area (Å²) in [6, 6.07) is -1.22. The number of likely N-dealkylation sites (N-methyl/N-ethyl adjacent to an activating group) is 1. The SMILES string of the molecule is CC.CC.CC1=NC(C(=O)O)C(=O)N1C. The molecule has 5 heteroatoms. The fraction of sp³-hybridized carbons (Fsp3) is 0.700. The number of aliphatic imine (C=N–C) groups is 1. The van der Waals surface area contributed by atoms with E-state index < -0.39 is 17.9 Å². The van der Waals surface area contributed by atoms with Crippen LogP contribution in [0.3, 0.4) is 0 Å². The predicted molar refractivity (Wildman–Crippen MR) is 60.0 cm³/mol. The van der Waals surface area contributed by atoms with Gasteiger partial charge in [0.15, 0.2) is 0 Å². The minimum absolute atomic E-state index is 0.447. The maximum atomic E-state index is 11.0. The van der Waals surface area contributed by atoms with Gasteiger partial charge >= 0.3 is 5.97 Å². The fourth-order valence-corrected chi connectivity index (χ4v) is 0.832. The number of carboxylic acids is 1. The van der Waals surface area contributed by atoms with E-state index in [1.165, 1.54) is 11.9 Å². The quantitative estimate of drug-likeness (QED) is 0.673. The Hall–Kier alpha value is -1.39. The van der Waals surface area contributed by atoms with Gasteiger partial charge in [0.05, 0.1) is 0 Å². The number of amidine groups is 1. The van der Waals surface area contributed by atoms with Crippen LogP contribution in [0.5, 0.6) is 0 Å². The maximum absolute atomic E-state index is 11.0. The average molecular weight is 216 g/mol. The lowest BCUT2D eigenvalue weighted by atomic mass is 10.3. The molecular weight excluding hydrogens is 196 g/mol. The standard InChI is InChI=1S/C6H8N2O3.2C2H6/c1-3-7-4(6(10)11)5(9)8(3)2;2*1-2/h4H,1-2H3,(H,10,11);2*1-2H3. The Morgan fingerprint density at radius 1 is 1.33 bits per heavy atom. The van der Waals surface area contributed by atoms with Gasteiger partial charge in [0.2, 0.25) is 6.04 Å². The van der Waals surface area contributed by atoms with E-state index in [1.807, 2.05) is 27.7 Å². The third kappa shape index (κ3) is 4.10. The predicted octanol–water partition coefficient (Wildman–Crippen LogP) is 1.38. The first-order chi connectivity index (χ1) is 7.04. The highest BCUT2D eigenvalue weighted by atomic mass is 16.4. The van der Waals surface area contributed by atoms with Crippen molar-refractivity contribution < 1.29 is 14.7 Å². The van der Waals surface area contributed by atoms with Crippen molar-refractivity contribution in [3.8, 4) is 0 Å². The van der Waals surface area contributed by atoms with E-state index in [4.69, 9.17) is 5.11 Å². The van der Waals surface area contributed by atoms with Gasteiger partial charge in [-0.25, -0.2) is 9.79 Å². The van der Waals surface area contributed by atoms with Crippen LogP contribution in [0.15, 0.2) is 4.99 Å². The number of carboxylic acid groups (broad SMARTS) is 1. The van der Waals surface area contributed by atoms with E-state index in [0.29, 0.717) is 5.84 Å². The van der Waals surface area contributed by atoms with Crippen molar-refractivity contribution in [3.05, 3.63) is 0 Å². The van der Waals surface area contributed by atoms with Gasteiger partial charge in [-0.15, -0.1) is 0 Å². The van der Waals surface area contributed by atoms with Crippen molar-refractivity contribution in [1.29, 1.82) is 0 Å². The highest BCUT2D eigenvalue weighted by Gasteiger charge is 2.34. The van der Waals surface area contributed by atoms with Crippen molar-refractivity contribution in [2.75, 3.05) is 7.05 Å². The molecule has 0 saturated carbocycles. The Labute approximate surface area is 90.8 Å². The molecule has 0 spiro atoms. The van der Waals surface area contributed by atoms with E-state index >= 15 is 0 Å². The lowest BCUT2D eigenvalue weighted by Crippen LogP contribution is -2.34. The molecule has 0 saturated heterocycles. The molecule has 88 valence electrons. The van der Waals surface area contributed by atoms with Crippen LogP contribution in [0.1, 0.15) is 34.6 Å². The van der Waals surface area contributed by atoms with Crippen LogP contribution in [0.2, 0.25) is 0 Å². The molecule has 1 heterocycles.